The van der Waals surface area contributed by atoms with E-state index < -0.39 is 17.1 Å². The van der Waals surface area contributed by atoms with Gasteiger partial charge in [0, 0.05) is 0 Å². The smallest absolute Gasteiger partial charge is 0.253 e. The van der Waals surface area contributed by atoms with Crippen LogP contribution < -0.4 is 5.73 Å². The lowest BCUT2D eigenvalue weighted by molar-refractivity contribution is 0.0997. The second-order valence-electron chi connectivity index (χ2n) is 3.26. The van der Waals surface area contributed by atoms with Gasteiger partial charge in [-0.05, 0) is 29.7 Å². The first-order valence-corrected chi connectivity index (χ1v) is 6.26. The van der Waals surface area contributed by atoms with Crippen molar-refractivity contribution in [2.45, 2.75) is 24.7 Å². The maximum absolute atomic E-state index is 11.8. The number of carbonyl (C=O) groups is 1. The van der Waals surface area contributed by atoms with Crippen LogP contribution >= 0.6 is 0 Å². The van der Waals surface area contributed by atoms with Gasteiger partial charge in [0.15, 0.2) is 4.90 Å². The van der Waals surface area contributed by atoms with E-state index in [1.165, 1.54) is 0 Å². The molecule has 0 heterocycles. The van der Waals surface area contributed by atoms with Crippen LogP contribution in [0.3, 0.4) is 0 Å². The van der Waals surface area contributed by atoms with E-state index in [-0.39, 0.29) is 0 Å². The van der Waals surface area contributed by atoms with Crippen molar-refractivity contribution in [2.24, 2.45) is 5.73 Å². The molecule has 1 unspecified atom stereocenters. The maximum atomic E-state index is 11.8. The van der Waals surface area contributed by atoms with Crippen LogP contribution in [0.25, 0.3) is 0 Å². The van der Waals surface area contributed by atoms with Gasteiger partial charge in [-0.3, -0.25) is 4.79 Å². The molecule has 2 N–H and O–H groups in total. The van der Waals surface area contributed by atoms with E-state index in [2.05, 4.69) is 0 Å². The molecule has 0 saturated heterocycles. The average Bonchev–Trinajstić information content (AvgIpc) is 2.25. The molecule has 0 radical (unpaired) electrons. The molecular weight excluding hydrogens is 210 g/mol. The Labute approximate surface area is 92.9 Å². The first kappa shape index (κ1) is 12.1. The minimum atomic E-state index is -1.12. The van der Waals surface area contributed by atoms with Crippen LogP contribution in [0.2, 0.25) is 0 Å². The predicted molar refractivity (Wildman–Crippen MR) is 61.1 cm³/mol. The monoisotopic (exact) mass is 225 g/mol. The number of unbranched alkanes of at least 4 members (excludes halogenated alkanes) is 1. The zero-order valence-electron chi connectivity index (χ0n) is 8.73. The largest absolute Gasteiger partial charge is 0.611 e. The van der Waals surface area contributed by atoms with Crippen LogP contribution in [-0.4, -0.2) is 16.2 Å². The lowest BCUT2D eigenvalue weighted by atomic mass is 10.2. The summed E-state index contributed by atoms with van der Waals surface area (Å²) in [5.41, 5.74) is 5.58. The summed E-state index contributed by atoms with van der Waals surface area (Å²) in [6, 6.07) is 6.81. The fraction of sp³-hybridized carbons (Fsp3) is 0.364. The molecule has 0 bridgehead atoms. The van der Waals surface area contributed by atoms with Crippen molar-refractivity contribution in [1.82, 2.24) is 0 Å². The molecule has 1 aromatic carbocycles. The van der Waals surface area contributed by atoms with E-state index in [1.807, 2.05) is 6.92 Å². The molecule has 0 saturated carbocycles. The molecular formula is C11H15NO2S. The Morgan fingerprint density at radius 2 is 2.13 bits per heavy atom. The quantitative estimate of drug-likeness (QED) is 0.775. The summed E-state index contributed by atoms with van der Waals surface area (Å²) in [5.74, 6) is 0.0660. The third kappa shape index (κ3) is 3.25. The summed E-state index contributed by atoms with van der Waals surface area (Å²) < 4.78 is 11.8. The summed E-state index contributed by atoms with van der Waals surface area (Å²) in [4.78, 5) is 11.6. The zero-order valence-corrected chi connectivity index (χ0v) is 9.55. The highest BCUT2D eigenvalue weighted by Crippen LogP contribution is 2.17. The van der Waals surface area contributed by atoms with Crippen molar-refractivity contribution >= 4 is 17.1 Å². The van der Waals surface area contributed by atoms with E-state index in [1.54, 1.807) is 24.3 Å². The molecule has 0 aliphatic rings. The molecule has 1 amide bonds. The van der Waals surface area contributed by atoms with Gasteiger partial charge in [0.1, 0.15) is 5.75 Å². The van der Waals surface area contributed by atoms with E-state index in [0.29, 0.717) is 16.2 Å². The van der Waals surface area contributed by atoms with E-state index >= 15 is 0 Å². The highest BCUT2D eigenvalue weighted by atomic mass is 32.2. The Kier molecular flexibility index (Phi) is 4.65. The molecule has 1 atom stereocenters. The molecule has 0 aliphatic heterocycles. The second-order valence-corrected chi connectivity index (χ2v) is 4.80. The van der Waals surface area contributed by atoms with Gasteiger partial charge < -0.3 is 10.3 Å². The van der Waals surface area contributed by atoms with Gasteiger partial charge in [-0.1, -0.05) is 25.5 Å². The van der Waals surface area contributed by atoms with Crippen molar-refractivity contribution in [3.05, 3.63) is 29.8 Å². The summed E-state index contributed by atoms with van der Waals surface area (Å²) in [5, 5.41) is 0. The molecule has 15 heavy (non-hydrogen) atoms. The van der Waals surface area contributed by atoms with Gasteiger partial charge in [-0.2, -0.15) is 0 Å². The molecule has 82 valence electrons. The van der Waals surface area contributed by atoms with E-state index in [4.69, 9.17) is 5.73 Å². The Balaban J connectivity index is 2.87. The summed E-state index contributed by atoms with van der Waals surface area (Å²) in [6.45, 7) is 2.04. The van der Waals surface area contributed by atoms with Crippen LogP contribution in [0.5, 0.6) is 0 Å². The van der Waals surface area contributed by atoms with Crippen molar-refractivity contribution in [2.75, 3.05) is 5.75 Å². The lowest BCUT2D eigenvalue weighted by Crippen LogP contribution is -2.17. The van der Waals surface area contributed by atoms with Gasteiger partial charge in [0.2, 0.25) is 0 Å². The number of carbonyl (C=O) groups excluding carboxylic acids is 1. The topological polar surface area (TPSA) is 66.2 Å². The first-order valence-electron chi connectivity index (χ1n) is 4.94. The molecule has 1 aromatic rings. The van der Waals surface area contributed by atoms with Gasteiger partial charge in [-0.15, -0.1) is 0 Å². The number of rotatable bonds is 5. The molecule has 0 aliphatic carbocycles. The molecule has 4 heteroatoms. The third-order valence-electron chi connectivity index (χ3n) is 2.08. The van der Waals surface area contributed by atoms with Crippen molar-refractivity contribution < 1.29 is 9.35 Å². The minimum absolute atomic E-state index is 0.368. The van der Waals surface area contributed by atoms with E-state index in [0.717, 1.165) is 12.8 Å². The van der Waals surface area contributed by atoms with Crippen molar-refractivity contribution in [3.63, 3.8) is 0 Å². The number of hydrogen-bond donors (Lipinski definition) is 1. The first-order chi connectivity index (χ1) is 7.16. The number of primary amides is 1. The fourth-order valence-electron chi connectivity index (χ4n) is 1.25. The SMILES string of the molecule is CCCC[S+]([O-])c1ccccc1C(N)=O. The molecule has 0 fully saturated rings. The predicted octanol–water partition coefficient (Wildman–Crippen LogP) is 1.69. The number of benzene rings is 1. The van der Waals surface area contributed by atoms with Gasteiger partial charge >= 0.3 is 0 Å². The standard InChI is InChI=1S/C11H15NO2S/c1-2-3-8-15(14)10-7-5-4-6-9(10)11(12)13/h4-7H,2-3,8H2,1H3,(H2,12,13). The van der Waals surface area contributed by atoms with Crippen LogP contribution in [-0.2, 0) is 11.2 Å². The summed E-state index contributed by atoms with van der Waals surface area (Å²) in [6.07, 6.45) is 1.88. The fourth-order valence-corrected chi connectivity index (χ4v) is 2.67. The Morgan fingerprint density at radius 1 is 1.47 bits per heavy atom. The summed E-state index contributed by atoms with van der Waals surface area (Å²) in [7, 11) is 0. The van der Waals surface area contributed by atoms with Crippen LogP contribution in [0.15, 0.2) is 29.2 Å². The third-order valence-corrected chi connectivity index (χ3v) is 3.59. The average molecular weight is 225 g/mol. The number of hydrogen-bond acceptors (Lipinski definition) is 2. The lowest BCUT2D eigenvalue weighted by Gasteiger charge is -2.11. The molecule has 0 aromatic heterocycles. The molecule has 3 nitrogen and oxygen atoms in total. The Hall–Kier alpha value is -1.00. The number of amides is 1. The zero-order chi connectivity index (χ0) is 11.3. The van der Waals surface area contributed by atoms with Gasteiger partial charge in [-0.25, -0.2) is 0 Å². The Bertz CT molecular complexity index is 341. The van der Waals surface area contributed by atoms with E-state index in [9.17, 15) is 9.35 Å². The van der Waals surface area contributed by atoms with Crippen LogP contribution in [0.1, 0.15) is 30.1 Å². The molecule has 1 rings (SSSR count). The van der Waals surface area contributed by atoms with Crippen LogP contribution in [0.4, 0.5) is 0 Å². The van der Waals surface area contributed by atoms with Crippen molar-refractivity contribution in [1.29, 1.82) is 0 Å². The highest BCUT2D eigenvalue weighted by Gasteiger charge is 2.17. The van der Waals surface area contributed by atoms with Gasteiger partial charge in [0.05, 0.1) is 5.56 Å². The van der Waals surface area contributed by atoms with Crippen LogP contribution in [0, 0.1) is 0 Å². The van der Waals surface area contributed by atoms with Gasteiger partial charge in [0.25, 0.3) is 5.91 Å². The second kappa shape index (κ2) is 5.78. The summed E-state index contributed by atoms with van der Waals surface area (Å²) >= 11 is -1.12. The van der Waals surface area contributed by atoms with Crippen molar-refractivity contribution in [3.8, 4) is 0 Å². The maximum Gasteiger partial charge on any atom is 0.253 e. The minimum Gasteiger partial charge on any atom is -0.611 e. The normalized spacial score (nSPS) is 12.4. The Morgan fingerprint density at radius 3 is 2.73 bits per heavy atom. The molecule has 0 spiro atoms. The highest BCUT2D eigenvalue weighted by molar-refractivity contribution is 7.91. The number of nitrogens with two attached hydrogens (primary N) is 1.